The summed E-state index contributed by atoms with van der Waals surface area (Å²) in [6.45, 7) is 7.14. The molecule has 13 heavy (non-hydrogen) atoms. The predicted octanol–water partition coefficient (Wildman–Crippen LogP) is 1.58. The minimum absolute atomic E-state index is 0.0720. The van der Waals surface area contributed by atoms with Crippen LogP contribution >= 0.6 is 0 Å². The van der Waals surface area contributed by atoms with E-state index >= 15 is 0 Å². The Balaban J connectivity index is 4.23. The molecule has 0 saturated heterocycles. The highest BCUT2D eigenvalue weighted by Crippen LogP contribution is 2.23. The second-order valence-corrected chi connectivity index (χ2v) is 3.53. The molecule has 1 amide bonds. The number of carbonyl (C=O) groups excluding carboxylic acids is 1. The van der Waals surface area contributed by atoms with Gasteiger partial charge < -0.3 is 10.1 Å². The summed E-state index contributed by atoms with van der Waals surface area (Å²) < 4.78 is 5.31. The second kappa shape index (κ2) is 5.97. The third-order valence-electron chi connectivity index (χ3n) is 2.20. The van der Waals surface area contributed by atoms with E-state index in [0.29, 0.717) is 13.2 Å². The molecule has 0 aromatic heterocycles. The zero-order valence-corrected chi connectivity index (χ0v) is 9.14. The standard InChI is InChI=1S/C10H21NO2/c1-5-7-10(3,8-13-6-2)9(12)11-4/h5-8H2,1-4H3,(H,11,12). The molecule has 0 bridgehead atoms. The molecule has 0 heterocycles. The summed E-state index contributed by atoms with van der Waals surface area (Å²) in [4.78, 5) is 11.5. The highest BCUT2D eigenvalue weighted by molar-refractivity contribution is 5.82. The van der Waals surface area contributed by atoms with Crippen molar-refractivity contribution in [1.82, 2.24) is 5.32 Å². The largest absolute Gasteiger partial charge is 0.381 e. The van der Waals surface area contributed by atoms with Crippen LogP contribution < -0.4 is 5.32 Å². The molecule has 0 aromatic carbocycles. The third-order valence-corrected chi connectivity index (χ3v) is 2.20. The number of nitrogens with one attached hydrogen (secondary N) is 1. The van der Waals surface area contributed by atoms with Gasteiger partial charge >= 0.3 is 0 Å². The molecule has 1 N–H and O–H groups in total. The SMILES string of the molecule is CCCC(C)(COCC)C(=O)NC. The van der Waals surface area contributed by atoms with Gasteiger partial charge in [-0.25, -0.2) is 0 Å². The highest BCUT2D eigenvalue weighted by atomic mass is 16.5. The van der Waals surface area contributed by atoms with Crippen LogP contribution in [0, 0.1) is 5.41 Å². The monoisotopic (exact) mass is 187 g/mol. The maximum absolute atomic E-state index is 11.5. The molecule has 0 radical (unpaired) electrons. The lowest BCUT2D eigenvalue weighted by Crippen LogP contribution is -2.40. The minimum Gasteiger partial charge on any atom is -0.381 e. The Hall–Kier alpha value is -0.570. The van der Waals surface area contributed by atoms with E-state index in [1.807, 2.05) is 13.8 Å². The van der Waals surface area contributed by atoms with Crippen LogP contribution in [-0.4, -0.2) is 26.2 Å². The van der Waals surface area contributed by atoms with Crippen molar-refractivity contribution in [2.24, 2.45) is 5.41 Å². The zero-order valence-electron chi connectivity index (χ0n) is 9.14. The Kier molecular flexibility index (Phi) is 5.71. The first-order valence-electron chi connectivity index (χ1n) is 4.90. The van der Waals surface area contributed by atoms with E-state index in [9.17, 15) is 4.79 Å². The summed E-state index contributed by atoms with van der Waals surface area (Å²) in [5, 5.41) is 2.68. The molecule has 0 saturated carbocycles. The lowest BCUT2D eigenvalue weighted by Gasteiger charge is -2.26. The van der Waals surface area contributed by atoms with E-state index in [4.69, 9.17) is 4.74 Å². The predicted molar refractivity (Wildman–Crippen MR) is 53.6 cm³/mol. The molecule has 0 rings (SSSR count). The Morgan fingerprint density at radius 1 is 1.46 bits per heavy atom. The first-order chi connectivity index (χ1) is 6.10. The topological polar surface area (TPSA) is 38.3 Å². The van der Waals surface area contributed by atoms with Crippen LogP contribution in [0.15, 0.2) is 0 Å². The lowest BCUT2D eigenvalue weighted by atomic mass is 9.85. The van der Waals surface area contributed by atoms with E-state index in [2.05, 4.69) is 12.2 Å². The summed E-state index contributed by atoms with van der Waals surface area (Å²) in [6.07, 6.45) is 1.86. The summed E-state index contributed by atoms with van der Waals surface area (Å²) in [6, 6.07) is 0. The van der Waals surface area contributed by atoms with Crippen LogP contribution in [0.1, 0.15) is 33.6 Å². The fourth-order valence-electron chi connectivity index (χ4n) is 1.43. The van der Waals surface area contributed by atoms with Gasteiger partial charge in [-0.15, -0.1) is 0 Å². The van der Waals surface area contributed by atoms with Crippen molar-refractivity contribution >= 4 is 5.91 Å². The van der Waals surface area contributed by atoms with E-state index < -0.39 is 0 Å². The van der Waals surface area contributed by atoms with Crippen molar-refractivity contribution < 1.29 is 9.53 Å². The van der Waals surface area contributed by atoms with Crippen LogP contribution in [0.2, 0.25) is 0 Å². The third kappa shape index (κ3) is 3.77. The van der Waals surface area contributed by atoms with Crippen molar-refractivity contribution in [3.05, 3.63) is 0 Å². The summed E-state index contributed by atoms with van der Waals surface area (Å²) in [7, 11) is 1.67. The average Bonchev–Trinajstić information content (AvgIpc) is 2.14. The van der Waals surface area contributed by atoms with Gasteiger partial charge in [0.1, 0.15) is 0 Å². The summed E-state index contributed by atoms with van der Waals surface area (Å²) in [5.41, 5.74) is -0.362. The molecular formula is C10H21NO2. The lowest BCUT2D eigenvalue weighted by molar-refractivity contribution is -0.133. The molecule has 0 aliphatic heterocycles. The van der Waals surface area contributed by atoms with Gasteiger partial charge in [0.05, 0.1) is 12.0 Å². The summed E-state index contributed by atoms with van der Waals surface area (Å²) in [5.74, 6) is 0.0720. The Bertz CT molecular complexity index is 159. The van der Waals surface area contributed by atoms with E-state index in [1.165, 1.54) is 0 Å². The molecule has 1 atom stereocenters. The van der Waals surface area contributed by atoms with Crippen molar-refractivity contribution in [3.8, 4) is 0 Å². The molecular weight excluding hydrogens is 166 g/mol. The molecule has 1 unspecified atom stereocenters. The van der Waals surface area contributed by atoms with Crippen LogP contribution in [0.3, 0.4) is 0 Å². The van der Waals surface area contributed by atoms with Crippen LogP contribution in [0.25, 0.3) is 0 Å². The normalized spacial score (nSPS) is 15.1. The number of rotatable bonds is 6. The van der Waals surface area contributed by atoms with Gasteiger partial charge in [0.25, 0.3) is 0 Å². The first kappa shape index (κ1) is 12.4. The number of carbonyl (C=O) groups is 1. The van der Waals surface area contributed by atoms with Gasteiger partial charge in [0.2, 0.25) is 5.91 Å². The van der Waals surface area contributed by atoms with E-state index in [0.717, 1.165) is 12.8 Å². The molecule has 3 heteroatoms. The van der Waals surface area contributed by atoms with E-state index in [1.54, 1.807) is 7.05 Å². The van der Waals surface area contributed by atoms with Gasteiger partial charge in [-0.2, -0.15) is 0 Å². The molecule has 0 aliphatic rings. The Labute approximate surface area is 80.8 Å². The molecule has 78 valence electrons. The van der Waals surface area contributed by atoms with Gasteiger partial charge in [-0.1, -0.05) is 13.3 Å². The maximum atomic E-state index is 11.5. The average molecular weight is 187 g/mol. The van der Waals surface area contributed by atoms with E-state index in [-0.39, 0.29) is 11.3 Å². The minimum atomic E-state index is -0.362. The van der Waals surface area contributed by atoms with Crippen LogP contribution in [-0.2, 0) is 9.53 Å². The smallest absolute Gasteiger partial charge is 0.228 e. The van der Waals surface area contributed by atoms with Crippen LogP contribution in [0.5, 0.6) is 0 Å². The maximum Gasteiger partial charge on any atom is 0.228 e. The molecule has 0 spiro atoms. The molecule has 0 aromatic rings. The van der Waals surface area contributed by atoms with Crippen molar-refractivity contribution in [3.63, 3.8) is 0 Å². The van der Waals surface area contributed by atoms with Gasteiger partial charge in [-0.05, 0) is 20.3 Å². The number of hydrogen-bond acceptors (Lipinski definition) is 2. The van der Waals surface area contributed by atoms with Crippen molar-refractivity contribution in [1.29, 1.82) is 0 Å². The Morgan fingerprint density at radius 2 is 2.08 bits per heavy atom. The second-order valence-electron chi connectivity index (χ2n) is 3.53. The van der Waals surface area contributed by atoms with Crippen molar-refractivity contribution in [2.45, 2.75) is 33.6 Å². The highest BCUT2D eigenvalue weighted by Gasteiger charge is 2.31. The molecule has 3 nitrogen and oxygen atoms in total. The van der Waals surface area contributed by atoms with Gasteiger partial charge in [0, 0.05) is 13.7 Å². The molecule has 0 aliphatic carbocycles. The number of hydrogen-bond donors (Lipinski definition) is 1. The molecule has 0 fully saturated rings. The van der Waals surface area contributed by atoms with Gasteiger partial charge in [-0.3, -0.25) is 4.79 Å². The fourth-order valence-corrected chi connectivity index (χ4v) is 1.43. The first-order valence-corrected chi connectivity index (χ1v) is 4.90. The Morgan fingerprint density at radius 3 is 2.46 bits per heavy atom. The summed E-state index contributed by atoms with van der Waals surface area (Å²) >= 11 is 0. The van der Waals surface area contributed by atoms with Crippen molar-refractivity contribution in [2.75, 3.05) is 20.3 Å². The van der Waals surface area contributed by atoms with Gasteiger partial charge in [0.15, 0.2) is 0 Å². The van der Waals surface area contributed by atoms with Crippen LogP contribution in [0.4, 0.5) is 0 Å². The fraction of sp³-hybridized carbons (Fsp3) is 0.900. The number of ether oxygens (including phenoxy) is 1. The quantitative estimate of drug-likeness (QED) is 0.685. The number of amides is 1. The zero-order chi connectivity index (χ0) is 10.3.